The average molecular weight is 250 g/mol. The van der Waals surface area contributed by atoms with Crippen LogP contribution in [0.3, 0.4) is 0 Å². The van der Waals surface area contributed by atoms with Crippen molar-refractivity contribution in [1.82, 2.24) is 4.90 Å². The molecule has 3 nitrogen and oxygen atoms in total. The largest absolute Gasteiger partial charge is 0.368 e. The Kier molecular flexibility index (Phi) is 4.18. The van der Waals surface area contributed by atoms with Crippen LogP contribution in [0.2, 0.25) is 0 Å². The van der Waals surface area contributed by atoms with Crippen LogP contribution in [0, 0.1) is 5.82 Å². The first-order valence-electron chi connectivity index (χ1n) is 6.49. The van der Waals surface area contributed by atoms with Crippen molar-refractivity contribution in [1.29, 1.82) is 0 Å². The molecule has 0 N–H and O–H groups in total. The summed E-state index contributed by atoms with van der Waals surface area (Å²) in [5.74, 6) is 0.0340. The molecular weight excluding hydrogens is 231 g/mol. The fourth-order valence-corrected chi connectivity index (χ4v) is 2.24. The zero-order valence-corrected chi connectivity index (χ0v) is 10.7. The van der Waals surface area contributed by atoms with Crippen molar-refractivity contribution in [3.63, 3.8) is 0 Å². The number of carbonyl (C=O) groups is 1. The van der Waals surface area contributed by atoms with Gasteiger partial charge < -0.3 is 9.80 Å². The lowest BCUT2D eigenvalue weighted by Crippen LogP contribution is -2.48. The third-order valence-electron chi connectivity index (χ3n) is 3.29. The maximum Gasteiger partial charge on any atom is 0.222 e. The van der Waals surface area contributed by atoms with Gasteiger partial charge in [-0.05, 0) is 30.7 Å². The lowest BCUT2D eigenvalue weighted by atomic mass is 10.2. The van der Waals surface area contributed by atoms with E-state index in [0.29, 0.717) is 6.42 Å². The molecule has 1 aliphatic rings. The van der Waals surface area contributed by atoms with Crippen molar-refractivity contribution in [2.45, 2.75) is 19.8 Å². The third kappa shape index (κ3) is 3.00. The van der Waals surface area contributed by atoms with Crippen molar-refractivity contribution in [2.24, 2.45) is 0 Å². The molecule has 1 aromatic carbocycles. The number of amides is 1. The molecule has 0 atom stereocenters. The highest BCUT2D eigenvalue weighted by atomic mass is 19.1. The van der Waals surface area contributed by atoms with Crippen LogP contribution in [-0.2, 0) is 4.79 Å². The summed E-state index contributed by atoms with van der Waals surface area (Å²) in [6, 6.07) is 6.53. The second-order valence-corrected chi connectivity index (χ2v) is 4.59. The minimum absolute atomic E-state index is 0.212. The van der Waals surface area contributed by atoms with Crippen LogP contribution < -0.4 is 4.90 Å². The van der Waals surface area contributed by atoms with E-state index in [1.807, 2.05) is 11.8 Å². The van der Waals surface area contributed by atoms with Gasteiger partial charge in [0.25, 0.3) is 0 Å². The van der Waals surface area contributed by atoms with E-state index >= 15 is 0 Å². The van der Waals surface area contributed by atoms with Gasteiger partial charge in [-0.15, -0.1) is 0 Å². The molecule has 0 saturated carbocycles. The van der Waals surface area contributed by atoms with Gasteiger partial charge in [-0.25, -0.2) is 4.39 Å². The van der Waals surface area contributed by atoms with E-state index in [2.05, 4.69) is 4.90 Å². The molecular formula is C14H19FN2O. The summed E-state index contributed by atoms with van der Waals surface area (Å²) in [6.07, 6.45) is 1.54. The maximum atomic E-state index is 12.8. The number of anilines is 1. The van der Waals surface area contributed by atoms with E-state index in [1.54, 1.807) is 12.1 Å². The van der Waals surface area contributed by atoms with Crippen molar-refractivity contribution in [3.8, 4) is 0 Å². The van der Waals surface area contributed by atoms with Crippen LogP contribution in [-0.4, -0.2) is 37.0 Å². The number of hydrogen-bond acceptors (Lipinski definition) is 2. The summed E-state index contributed by atoms with van der Waals surface area (Å²) in [7, 11) is 0. The molecule has 1 heterocycles. The van der Waals surface area contributed by atoms with Crippen LogP contribution in [0.15, 0.2) is 24.3 Å². The van der Waals surface area contributed by atoms with E-state index in [4.69, 9.17) is 0 Å². The molecule has 1 aromatic rings. The van der Waals surface area contributed by atoms with E-state index < -0.39 is 0 Å². The third-order valence-corrected chi connectivity index (χ3v) is 3.29. The summed E-state index contributed by atoms with van der Waals surface area (Å²) in [5, 5.41) is 0. The number of carbonyl (C=O) groups excluding carboxylic acids is 1. The standard InChI is InChI=1S/C14H19FN2O/c1-2-3-14(18)17-10-8-16(9-11-17)13-6-4-12(15)5-7-13/h4-7H,2-3,8-11H2,1H3. The van der Waals surface area contributed by atoms with Gasteiger partial charge in [0.1, 0.15) is 5.82 Å². The predicted octanol–water partition coefficient (Wildman–Crippen LogP) is 2.27. The number of rotatable bonds is 3. The van der Waals surface area contributed by atoms with Crippen LogP contribution in [0.1, 0.15) is 19.8 Å². The molecule has 0 aromatic heterocycles. The van der Waals surface area contributed by atoms with Crippen LogP contribution in [0.5, 0.6) is 0 Å². The normalized spacial score (nSPS) is 15.9. The fraction of sp³-hybridized carbons (Fsp3) is 0.500. The van der Waals surface area contributed by atoms with Crippen LogP contribution in [0.4, 0.5) is 10.1 Å². The SMILES string of the molecule is CCCC(=O)N1CCN(c2ccc(F)cc2)CC1. The molecule has 1 amide bonds. The van der Waals surface area contributed by atoms with Gasteiger partial charge in [-0.2, -0.15) is 0 Å². The second-order valence-electron chi connectivity index (χ2n) is 4.59. The van der Waals surface area contributed by atoms with E-state index in [-0.39, 0.29) is 11.7 Å². The minimum Gasteiger partial charge on any atom is -0.368 e. The van der Waals surface area contributed by atoms with E-state index in [9.17, 15) is 9.18 Å². The van der Waals surface area contributed by atoms with E-state index in [1.165, 1.54) is 12.1 Å². The van der Waals surface area contributed by atoms with Crippen molar-refractivity contribution >= 4 is 11.6 Å². The van der Waals surface area contributed by atoms with Crippen molar-refractivity contribution in [3.05, 3.63) is 30.1 Å². The first-order chi connectivity index (χ1) is 8.70. The topological polar surface area (TPSA) is 23.6 Å². The fourth-order valence-electron chi connectivity index (χ4n) is 2.24. The monoisotopic (exact) mass is 250 g/mol. The molecule has 1 aliphatic heterocycles. The van der Waals surface area contributed by atoms with Gasteiger partial charge in [0.05, 0.1) is 0 Å². The van der Waals surface area contributed by atoms with Crippen molar-refractivity contribution < 1.29 is 9.18 Å². The van der Waals surface area contributed by atoms with Gasteiger partial charge in [-0.1, -0.05) is 6.92 Å². The van der Waals surface area contributed by atoms with Crippen molar-refractivity contribution in [2.75, 3.05) is 31.1 Å². The Morgan fingerprint density at radius 2 is 1.78 bits per heavy atom. The highest BCUT2D eigenvalue weighted by Gasteiger charge is 2.20. The number of piperazine rings is 1. The molecule has 0 radical (unpaired) electrons. The summed E-state index contributed by atoms with van der Waals surface area (Å²) >= 11 is 0. The summed E-state index contributed by atoms with van der Waals surface area (Å²) in [6.45, 7) is 5.18. The molecule has 0 bridgehead atoms. The maximum absolute atomic E-state index is 12.8. The molecule has 0 aliphatic carbocycles. The molecule has 18 heavy (non-hydrogen) atoms. The van der Waals surface area contributed by atoms with Gasteiger partial charge >= 0.3 is 0 Å². The van der Waals surface area contributed by atoms with Crippen LogP contribution >= 0.6 is 0 Å². The van der Waals surface area contributed by atoms with Gasteiger partial charge in [0.2, 0.25) is 5.91 Å². The Balaban J connectivity index is 1.90. The number of hydrogen-bond donors (Lipinski definition) is 0. The Bertz CT molecular complexity index is 397. The Hall–Kier alpha value is -1.58. The zero-order valence-electron chi connectivity index (χ0n) is 10.7. The number of nitrogens with zero attached hydrogens (tertiary/aromatic N) is 2. The number of halogens is 1. The Morgan fingerprint density at radius 3 is 2.33 bits per heavy atom. The average Bonchev–Trinajstić information content (AvgIpc) is 2.40. The zero-order chi connectivity index (χ0) is 13.0. The smallest absolute Gasteiger partial charge is 0.222 e. The highest BCUT2D eigenvalue weighted by molar-refractivity contribution is 5.76. The summed E-state index contributed by atoms with van der Waals surface area (Å²) < 4.78 is 12.8. The lowest BCUT2D eigenvalue weighted by molar-refractivity contribution is -0.131. The lowest BCUT2D eigenvalue weighted by Gasteiger charge is -2.36. The Labute approximate surface area is 107 Å². The molecule has 0 unspecified atom stereocenters. The van der Waals surface area contributed by atoms with E-state index in [0.717, 1.165) is 38.3 Å². The van der Waals surface area contributed by atoms with Gasteiger partial charge in [0, 0.05) is 38.3 Å². The highest BCUT2D eigenvalue weighted by Crippen LogP contribution is 2.17. The minimum atomic E-state index is -0.212. The number of benzene rings is 1. The first-order valence-corrected chi connectivity index (χ1v) is 6.49. The Morgan fingerprint density at radius 1 is 1.17 bits per heavy atom. The molecule has 1 fully saturated rings. The van der Waals surface area contributed by atoms with Gasteiger partial charge in [0.15, 0.2) is 0 Å². The predicted molar refractivity (Wildman–Crippen MR) is 70.1 cm³/mol. The molecule has 1 saturated heterocycles. The quantitative estimate of drug-likeness (QED) is 0.821. The summed E-state index contributed by atoms with van der Waals surface area (Å²) in [5.41, 5.74) is 1.03. The summed E-state index contributed by atoms with van der Waals surface area (Å²) in [4.78, 5) is 15.9. The molecule has 98 valence electrons. The molecule has 0 spiro atoms. The molecule has 4 heteroatoms. The molecule has 2 rings (SSSR count). The van der Waals surface area contributed by atoms with Crippen LogP contribution in [0.25, 0.3) is 0 Å². The first kappa shape index (κ1) is 12.9. The van der Waals surface area contributed by atoms with Gasteiger partial charge in [-0.3, -0.25) is 4.79 Å². The second kappa shape index (κ2) is 5.85.